The van der Waals surface area contributed by atoms with E-state index in [0.717, 1.165) is 17.7 Å². The summed E-state index contributed by atoms with van der Waals surface area (Å²) < 4.78 is 10.6. The summed E-state index contributed by atoms with van der Waals surface area (Å²) in [5.74, 6) is 1.38. The van der Waals surface area contributed by atoms with Crippen LogP contribution in [0.15, 0.2) is 42.5 Å². The molecule has 0 unspecified atom stereocenters. The number of hydrogen-bond acceptors (Lipinski definition) is 3. The first-order valence-electron chi connectivity index (χ1n) is 5.73. The Balaban J connectivity index is 1.99. The van der Waals surface area contributed by atoms with E-state index in [2.05, 4.69) is 6.07 Å². The first-order valence-corrected chi connectivity index (χ1v) is 5.73. The predicted molar refractivity (Wildman–Crippen MR) is 66.5 cm³/mol. The lowest BCUT2D eigenvalue weighted by Crippen LogP contribution is -1.93. The molecule has 0 bridgehead atoms. The molecule has 0 amide bonds. The van der Waals surface area contributed by atoms with Crippen molar-refractivity contribution in [3.05, 3.63) is 59.2 Å². The van der Waals surface area contributed by atoms with Crippen LogP contribution in [0.4, 0.5) is 0 Å². The van der Waals surface area contributed by atoms with Crippen molar-refractivity contribution in [3.63, 3.8) is 0 Å². The molecule has 0 fully saturated rings. The van der Waals surface area contributed by atoms with Gasteiger partial charge >= 0.3 is 0 Å². The molecule has 1 aliphatic heterocycles. The quantitative estimate of drug-likeness (QED) is 0.806. The van der Waals surface area contributed by atoms with Crippen LogP contribution < -0.4 is 9.47 Å². The number of fused-ring (bicyclic) bond motifs is 1. The summed E-state index contributed by atoms with van der Waals surface area (Å²) in [4.78, 5) is 0. The molecule has 1 heterocycles. The molecule has 0 saturated heterocycles. The van der Waals surface area contributed by atoms with E-state index in [1.54, 1.807) is 6.07 Å². The second kappa shape index (κ2) is 4.42. The van der Waals surface area contributed by atoms with E-state index in [-0.39, 0.29) is 6.79 Å². The monoisotopic (exact) mass is 237 g/mol. The largest absolute Gasteiger partial charge is 0.454 e. The van der Waals surface area contributed by atoms with Gasteiger partial charge in [-0.2, -0.15) is 5.26 Å². The minimum absolute atomic E-state index is 0.231. The molecule has 0 aliphatic carbocycles. The Bertz CT molecular complexity index is 614. The lowest BCUT2D eigenvalue weighted by molar-refractivity contribution is 0.174. The summed E-state index contributed by atoms with van der Waals surface area (Å²) >= 11 is 0. The minimum atomic E-state index is 0.231. The molecule has 3 heteroatoms. The smallest absolute Gasteiger partial charge is 0.231 e. The van der Waals surface area contributed by atoms with Gasteiger partial charge in [-0.25, -0.2) is 0 Å². The van der Waals surface area contributed by atoms with Crippen molar-refractivity contribution in [3.8, 4) is 17.6 Å². The third kappa shape index (κ3) is 1.89. The summed E-state index contributed by atoms with van der Waals surface area (Å²) in [6.07, 6.45) is 0.723. The highest BCUT2D eigenvalue weighted by molar-refractivity contribution is 5.53. The Kier molecular flexibility index (Phi) is 2.62. The van der Waals surface area contributed by atoms with Crippen LogP contribution in [0.2, 0.25) is 0 Å². The summed E-state index contributed by atoms with van der Waals surface area (Å²) in [6, 6.07) is 15.9. The van der Waals surface area contributed by atoms with Crippen molar-refractivity contribution in [2.75, 3.05) is 6.79 Å². The van der Waals surface area contributed by atoms with Crippen molar-refractivity contribution in [2.45, 2.75) is 6.42 Å². The van der Waals surface area contributed by atoms with Crippen molar-refractivity contribution in [1.82, 2.24) is 0 Å². The Morgan fingerprint density at radius 1 is 1.06 bits per heavy atom. The van der Waals surface area contributed by atoms with Crippen LogP contribution in [0, 0.1) is 11.3 Å². The molecular weight excluding hydrogens is 226 g/mol. The van der Waals surface area contributed by atoms with Gasteiger partial charge in [0, 0.05) is 6.07 Å². The zero-order valence-corrected chi connectivity index (χ0v) is 9.72. The average molecular weight is 237 g/mol. The molecule has 0 saturated carbocycles. The molecule has 0 atom stereocenters. The first-order chi connectivity index (χ1) is 8.86. The summed E-state index contributed by atoms with van der Waals surface area (Å²) in [5, 5.41) is 9.18. The first kappa shape index (κ1) is 10.7. The maximum atomic E-state index is 9.18. The maximum Gasteiger partial charge on any atom is 0.231 e. The molecule has 2 aromatic rings. The van der Waals surface area contributed by atoms with Gasteiger partial charge in [-0.3, -0.25) is 0 Å². The normalized spacial score (nSPS) is 12.2. The standard InChI is InChI=1S/C15H11NO2/c16-9-13-8-15-14(17-10-18-15)7-12(13)6-11-4-2-1-3-5-11/h1-5,7-8H,6,10H2. The highest BCUT2D eigenvalue weighted by Crippen LogP contribution is 2.35. The van der Waals surface area contributed by atoms with E-state index in [9.17, 15) is 5.26 Å². The number of ether oxygens (including phenoxy) is 2. The van der Waals surface area contributed by atoms with Gasteiger partial charge in [-0.1, -0.05) is 30.3 Å². The topological polar surface area (TPSA) is 42.2 Å². The van der Waals surface area contributed by atoms with Crippen LogP contribution in [0.1, 0.15) is 16.7 Å². The third-order valence-electron chi connectivity index (χ3n) is 2.96. The second-order valence-electron chi connectivity index (χ2n) is 4.14. The number of nitriles is 1. The summed E-state index contributed by atoms with van der Waals surface area (Å²) in [6.45, 7) is 0.231. The number of benzene rings is 2. The van der Waals surface area contributed by atoms with Crippen molar-refractivity contribution < 1.29 is 9.47 Å². The maximum absolute atomic E-state index is 9.18. The van der Waals surface area contributed by atoms with E-state index in [1.165, 1.54) is 5.56 Å². The molecule has 2 aromatic carbocycles. The fourth-order valence-corrected chi connectivity index (χ4v) is 2.05. The third-order valence-corrected chi connectivity index (χ3v) is 2.96. The molecule has 88 valence electrons. The molecule has 0 spiro atoms. The number of hydrogen-bond donors (Lipinski definition) is 0. The van der Waals surface area contributed by atoms with Crippen LogP contribution in [0.25, 0.3) is 0 Å². The van der Waals surface area contributed by atoms with Crippen molar-refractivity contribution in [2.24, 2.45) is 0 Å². The molecular formula is C15H11NO2. The van der Waals surface area contributed by atoms with Crippen LogP contribution in [-0.2, 0) is 6.42 Å². The van der Waals surface area contributed by atoms with Crippen LogP contribution in [0.3, 0.4) is 0 Å². The fraction of sp³-hybridized carbons (Fsp3) is 0.133. The van der Waals surface area contributed by atoms with Crippen LogP contribution in [0.5, 0.6) is 11.5 Å². The Labute approximate surface area is 105 Å². The predicted octanol–water partition coefficient (Wildman–Crippen LogP) is 2.88. The van der Waals surface area contributed by atoms with E-state index < -0.39 is 0 Å². The SMILES string of the molecule is N#Cc1cc2c(cc1Cc1ccccc1)OCO2. The minimum Gasteiger partial charge on any atom is -0.454 e. The Morgan fingerprint density at radius 3 is 2.50 bits per heavy atom. The number of nitrogens with zero attached hydrogens (tertiary/aromatic N) is 1. The van der Waals surface area contributed by atoms with Crippen molar-refractivity contribution in [1.29, 1.82) is 5.26 Å². The molecule has 1 aliphatic rings. The molecule has 18 heavy (non-hydrogen) atoms. The van der Waals surface area contributed by atoms with Gasteiger partial charge < -0.3 is 9.47 Å². The van der Waals surface area contributed by atoms with Gasteiger partial charge in [0.1, 0.15) is 0 Å². The van der Waals surface area contributed by atoms with Gasteiger partial charge in [-0.05, 0) is 23.6 Å². The van der Waals surface area contributed by atoms with Gasteiger partial charge in [0.25, 0.3) is 0 Å². The Morgan fingerprint density at radius 2 is 1.78 bits per heavy atom. The zero-order chi connectivity index (χ0) is 12.4. The molecule has 0 aromatic heterocycles. The van der Waals surface area contributed by atoms with E-state index in [0.29, 0.717) is 11.3 Å². The molecule has 3 rings (SSSR count). The molecule has 3 nitrogen and oxygen atoms in total. The van der Waals surface area contributed by atoms with E-state index >= 15 is 0 Å². The lowest BCUT2D eigenvalue weighted by Gasteiger charge is -2.06. The van der Waals surface area contributed by atoms with Gasteiger partial charge in [-0.15, -0.1) is 0 Å². The highest BCUT2D eigenvalue weighted by Gasteiger charge is 2.17. The summed E-state index contributed by atoms with van der Waals surface area (Å²) in [7, 11) is 0. The second-order valence-corrected chi connectivity index (χ2v) is 4.14. The van der Waals surface area contributed by atoms with Gasteiger partial charge in [0.05, 0.1) is 11.6 Å². The lowest BCUT2D eigenvalue weighted by atomic mass is 10.00. The van der Waals surface area contributed by atoms with E-state index in [4.69, 9.17) is 9.47 Å². The number of rotatable bonds is 2. The average Bonchev–Trinajstić information content (AvgIpc) is 2.86. The zero-order valence-electron chi connectivity index (χ0n) is 9.72. The fourth-order valence-electron chi connectivity index (χ4n) is 2.05. The van der Waals surface area contributed by atoms with Crippen molar-refractivity contribution >= 4 is 0 Å². The van der Waals surface area contributed by atoms with E-state index in [1.807, 2.05) is 36.4 Å². The highest BCUT2D eigenvalue weighted by atomic mass is 16.7. The van der Waals surface area contributed by atoms with Crippen LogP contribution >= 0.6 is 0 Å². The molecule has 0 radical (unpaired) electrons. The Hall–Kier alpha value is -2.47. The summed E-state index contributed by atoms with van der Waals surface area (Å²) in [5.41, 5.74) is 2.78. The van der Waals surface area contributed by atoms with Gasteiger partial charge in [0.15, 0.2) is 11.5 Å². The van der Waals surface area contributed by atoms with Gasteiger partial charge in [0.2, 0.25) is 6.79 Å². The molecule has 0 N–H and O–H groups in total. The van der Waals surface area contributed by atoms with Crippen LogP contribution in [-0.4, -0.2) is 6.79 Å².